The Balaban J connectivity index is 1.86. The summed E-state index contributed by atoms with van der Waals surface area (Å²) in [6.45, 7) is 3.69. The molecule has 1 aliphatic heterocycles. The number of hydrogen-bond acceptors (Lipinski definition) is 5. The quantitative estimate of drug-likeness (QED) is 0.621. The van der Waals surface area contributed by atoms with Crippen LogP contribution in [0.25, 0.3) is 0 Å². The van der Waals surface area contributed by atoms with Gasteiger partial charge in [-0.2, -0.15) is 0 Å². The van der Waals surface area contributed by atoms with Gasteiger partial charge in [-0.15, -0.1) is 0 Å². The van der Waals surface area contributed by atoms with E-state index >= 15 is 0 Å². The number of carbonyl (C=O) groups excluding carboxylic acids is 2. The lowest BCUT2D eigenvalue weighted by Gasteiger charge is -2.25. The van der Waals surface area contributed by atoms with Gasteiger partial charge in [-0.1, -0.05) is 13.8 Å². The van der Waals surface area contributed by atoms with Crippen LogP contribution in [0.4, 0.5) is 0 Å². The second kappa shape index (κ2) is 9.25. The molecule has 1 unspecified atom stereocenters. The molecule has 0 fully saturated rings. The predicted molar refractivity (Wildman–Crippen MR) is 97.7 cm³/mol. The van der Waals surface area contributed by atoms with Gasteiger partial charge in [-0.25, -0.2) is 4.79 Å². The number of aliphatic carboxylic acids is 1. The summed E-state index contributed by atoms with van der Waals surface area (Å²) in [7, 11) is 1.57. The molecule has 1 aromatic carbocycles. The smallest absolute Gasteiger partial charge is 0.326 e. The van der Waals surface area contributed by atoms with Crippen molar-refractivity contribution >= 4 is 17.8 Å². The number of benzene rings is 1. The summed E-state index contributed by atoms with van der Waals surface area (Å²) in [6.07, 6.45) is 0.801. The summed E-state index contributed by atoms with van der Waals surface area (Å²) in [6, 6.07) is 4.45. The second-order valence-corrected chi connectivity index (χ2v) is 6.99. The SMILES string of the molecule is COc1ccc2c(c1)CC(C(=O)NCC(=O)N[C@@H](CC(C)C)C(=O)O)CO2. The summed E-state index contributed by atoms with van der Waals surface area (Å²) in [5, 5.41) is 14.1. The molecule has 0 radical (unpaired) electrons. The Kier molecular flexibility index (Phi) is 7.04. The third-order valence-electron chi connectivity index (χ3n) is 4.31. The highest BCUT2D eigenvalue weighted by Crippen LogP contribution is 2.30. The van der Waals surface area contributed by atoms with Gasteiger partial charge in [0, 0.05) is 0 Å². The lowest BCUT2D eigenvalue weighted by Crippen LogP contribution is -2.47. The number of ether oxygens (including phenoxy) is 2. The number of amides is 2. The van der Waals surface area contributed by atoms with E-state index in [0.29, 0.717) is 18.6 Å². The molecule has 1 heterocycles. The minimum atomic E-state index is -1.09. The molecule has 8 heteroatoms. The standard InChI is InChI=1S/C19H26N2O6/c1-11(2)6-15(19(24)25)21-17(22)9-20-18(23)13-7-12-8-14(26-3)4-5-16(12)27-10-13/h4-5,8,11,13,15H,6-7,9-10H2,1-3H3,(H,20,23)(H,21,22)(H,24,25)/t13?,15-/m0/s1. The van der Waals surface area contributed by atoms with Gasteiger partial charge in [-0.3, -0.25) is 9.59 Å². The van der Waals surface area contributed by atoms with E-state index < -0.39 is 23.8 Å². The molecule has 3 N–H and O–H groups in total. The van der Waals surface area contributed by atoms with Crippen molar-refractivity contribution in [3.8, 4) is 11.5 Å². The lowest BCUT2D eigenvalue weighted by atomic mass is 9.96. The summed E-state index contributed by atoms with van der Waals surface area (Å²) in [5.74, 6) is -0.835. The minimum Gasteiger partial charge on any atom is -0.497 e. The average molecular weight is 378 g/mol. The zero-order valence-corrected chi connectivity index (χ0v) is 15.8. The molecule has 0 bridgehead atoms. The highest BCUT2D eigenvalue weighted by molar-refractivity contribution is 5.88. The maximum Gasteiger partial charge on any atom is 0.326 e. The van der Waals surface area contributed by atoms with Crippen molar-refractivity contribution in [2.75, 3.05) is 20.3 Å². The van der Waals surface area contributed by atoms with E-state index in [2.05, 4.69) is 10.6 Å². The van der Waals surface area contributed by atoms with Crippen LogP contribution >= 0.6 is 0 Å². The first-order valence-corrected chi connectivity index (χ1v) is 8.89. The molecule has 2 amide bonds. The van der Waals surface area contributed by atoms with Crippen molar-refractivity contribution in [2.24, 2.45) is 11.8 Å². The van der Waals surface area contributed by atoms with E-state index in [-0.39, 0.29) is 25.0 Å². The zero-order valence-electron chi connectivity index (χ0n) is 15.8. The Hall–Kier alpha value is -2.77. The Morgan fingerprint density at radius 1 is 1.33 bits per heavy atom. The van der Waals surface area contributed by atoms with Crippen LogP contribution in [-0.4, -0.2) is 49.2 Å². The fourth-order valence-electron chi connectivity index (χ4n) is 2.92. The number of methoxy groups -OCH3 is 1. The van der Waals surface area contributed by atoms with Crippen molar-refractivity contribution in [3.05, 3.63) is 23.8 Å². The van der Waals surface area contributed by atoms with Crippen LogP contribution in [0.3, 0.4) is 0 Å². The van der Waals surface area contributed by atoms with Gasteiger partial charge in [0.1, 0.15) is 24.1 Å². The number of nitrogens with one attached hydrogen (secondary N) is 2. The van der Waals surface area contributed by atoms with Crippen LogP contribution in [0.1, 0.15) is 25.8 Å². The van der Waals surface area contributed by atoms with E-state index in [4.69, 9.17) is 14.6 Å². The van der Waals surface area contributed by atoms with Crippen LogP contribution in [0, 0.1) is 11.8 Å². The molecule has 1 aromatic rings. The van der Waals surface area contributed by atoms with E-state index in [1.807, 2.05) is 19.9 Å². The Labute approximate surface area is 158 Å². The molecule has 2 rings (SSSR count). The van der Waals surface area contributed by atoms with E-state index in [1.165, 1.54) is 0 Å². The first kappa shape index (κ1) is 20.5. The molecular formula is C19H26N2O6. The number of rotatable bonds is 8. The van der Waals surface area contributed by atoms with Crippen molar-refractivity contribution in [2.45, 2.75) is 32.7 Å². The van der Waals surface area contributed by atoms with Gasteiger partial charge >= 0.3 is 5.97 Å². The summed E-state index contributed by atoms with van der Waals surface area (Å²) < 4.78 is 10.8. The molecule has 27 heavy (non-hydrogen) atoms. The van der Waals surface area contributed by atoms with Gasteiger partial charge in [0.2, 0.25) is 11.8 Å². The van der Waals surface area contributed by atoms with Gasteiger partial charge in [0.25, 0.3) is 0 Å². The molecule has 148 valence electrons. The number of fused-ring (bicyclic) bond motifs is 1. The van der Waals surface area contributed by atoms with E-state index in [0.717, 1.165) is 11.3 Å². The highest BCUT2D eigenvalue weighted by atomic mass is 16.5. The largest absolute Gasteiger partial charge is 0.497 e. The average Bonchev–Trinajstić information content (AvgIpc) is 2.64. The van der Waals surface area contributed by atoms with Gasteiger partial charge in [0.15, 0.2) is 0 Å². The zero-order chi connectivity index (χ0) is 20.0. The fourth-order valence-corrected chi connectivity index (χ4v) is 2.92. The monoisotopic (exact) mass is 378 g/mol. The maximum atomic E-state index is 12.3. The van der Waals surface area contributed by atoms with Gasteiger partial charge < -0.3 is 25.2 Å². The Bertz CT molecular complexity index is 703. The van der Waals surface area contributed by atoms with Crippen LogP contribution in [-0.2, 0) is 20.8 Å². The number of hydrogen-bond donors (Lipinski definition) is 3. The molecule has 0 aliphatic carbocycles. The molecule has 0 aromatic heterocycles. The van der Waals surface area contributed by atoms with Crippen molar-refractivity contribution < 1.29 is 29.0 Å². The first-order chi connectivity index (χ1) is 12.8. The molecule has 0 saturated heterocycles. The molecule has 1 aliphatic rings. The Morgan fingerprint density at radius 3 is 2.70 bits per heavy atom. The Morgan fingerprint density at radius 2 is 2.07 bits per heavy atom. The van der Waals surface area contributed by atoms with Crippen molar-refractivity contribution in [1.82, 2.24) is 10.6 Å². The van der Waals surface area contributed by atoms with Crippen LogP contribution in [0.15, 0.2) is 18.2 Å². The maximum absolute atomic E-state index is 12.3. The van der Waals surface area contributed by atoms with Crippen LogP contribution < -0.4 is 20.1 Å². The molecule has 0 spiro atoms. The van der Waals surface area contributed by atoms with E-state index in [1.54, 1.807) is 19.2 Å². The first-order valence-electron chi connectivity index (χ1n) is 8.89. The molecule has 2 atom stereocenters. The van der Waals surface area contributed by atoms with E-state index in [9.17, 15) is 14.4 Å². The third kappa shape index (κ3) is 5.87. The normalized spacial score (nSPS) is 16.7. The van der Waals surface area contributed by atoms with Gasteiger partial charge in [0.05, 0.1) is 19.6 Å². The topological polar surface area (TPSA) is 114 Å². The fraction of sp³-hybridized carbons (Fsp3) is 0.526. The van der Waals surface area contributed by atoms with Crippen LogP contribution in [0.5, 0.6) is 11.5 Å². The van der Waals surface area contributed by atoms with Crippen molar-refractivity contribution in [1.29, 1.82) is 0 Å². The molecule has 0 saturated carbocycles. The second-order valence-electron chi connectivity index (χ2n) is 6.99. The summed E-state index contributed by atoms with van der Waals surface area (Å²) in [4.78, 5) is 35.5. The number of carboxylic acids is 1. The summed E-state index contributed by atoms with van der Waals surface area (Å²) >= 11 is 0. The lowest BCUT2D eigenvalue weighted by molar-refractivity contribution is -0.142. The molecular weight excluding hydrogens is 352 g/mol. The number of carboxylic acid groups (broad SMARTS) is 1. The third-order valence-corrected chi connectivity index (χ3v) is 4.31. The van der Waals surface area contributed by atoms with Crippen molar-refractivity contribution in [3.63, 3.8) is 0 Å². The van der Waals surface area contributed by atoms with Crippen LogP contribution in [0.2, 0.25) is 0 Å². The van der Waals surface area contributed by atoms with Gasteiger partial charge in [-0.05, 0) is 42.5 Å². The molecule has 8 nitrogen and oxygen atoms in total. The number of carbonyl (C=O) groups is 3. The highest BCUT2D eigenvalue weighted by Gasteiger charge is 2.27. The predicted octanol–water partition coefficient (Wildman–Crippen LogP) is 0.978. The summed E-state index contributed by atoms with van der Waals surface area (Å²) in [5.41, 5.74) is 0.869. The minimum absolute atomic E-state index is 0.123.